The Morgan fingerprint density at radius 3 is 2.60 bits per heavy atom. The molecule has 1 aliphatic heterocycles. The summed E-state index contributed by atoms with van der Waals surface area (Å²) in [5.74, 6) is 1.24. The molecule has 4 aromatic rings. The Morgan fingerprint density at radius 2 is 1.88 bits per heavy atom. The number of nitrogens with one attached hydrogen (secondary N) is 1. The van der Waals surface area contributed by atoms with Crippen molar-refractivity contribution in [2.45, 2.75) is 58.2 Å². The van der Waals surface area contributed by atoms with Crippen LogP contribution in [0, 0.1) is 17.2 Å². The number of hydrogen-bond acceptors (Lipinski definition) is 9. The smallest absolute Gasteiger partial charge is 0.388 e. The van der Waals surface area contributed by atoms with Crippen molar-refractivity contribution in [2.24, 2.45) is 17.6 Å². The SMILES string of the molecule is CC1CCC(Cn2c(N3CCO[C@H](C)[C@H]3c3ccccc3)nc3nc(C(=N)OC(N)=O)nc(-c4cncc(Cl)c4)c32)CC1. The number of rotatable bonds is 6. The highest BCUT2D eigenvalue weighted by Crippen LogP contribution is 2.39. The van der Waals surface area contributed by atoms with E-state index >= 15 is 0 Å². The molecule has 2 atom stereocenters. The van der Waals surface area contributed by atoms with Gasteiger partial charge in [-0.3, -0.25) is 10.4 Å². The van der Waals surface area contributed by atoms with E-state index in [0.29, 0.717) is 52.4 Å². The number of primary amides is 1. The number of amides is 1. The maximum atomic E-state index is 11.5. The number of imidazole rings is 1. The molecule has 11 nitrogen and oxygen atoms in total. The van der Waals surface area contributed by atoms with Gasteiger partial charge in [-0.05, 0) is 43.2 Å². The van der Waals surface area contributed by atoms with E-state index < -0.39 is 12.0 Å². The molecular formula is C31H35ClN8O3. The van der Waals surface area contributed by atoms with Crippen LogP contribution in [0.15, 0.2) is 48.8 Å². The van der Waals surface area contributed by atoms with Gasteiger partial charge in [-0.15, -0.1) is 0 Å². The number of anilines is 1. The van der Waals surface area contributed by atoms with Crippen molar-refractivity contribution >= 4 is 40.7 Å². The molecule has 4 heterocycles. The maximum Gasteiger partial charge on any atom is 0.411 e. The summed E-state index contributed by atoms with van der Waals surface area (Å²) in [5.41, 5.74) is 8.55. The lowest BCUT2D eigenvalue weighted by Crippen LogP contribution is -2.45. The number of ether oxygens (including phenoxy) is 2. The molecule has 3 N–H and O–H groups in total. The fourth-order valence-electron chi connectivity index (χ4n) is 6.32. The Morgan fingerprint density at radius 1 is 1.12 bits per heavy atom. The van der Waals surface area contributed by atoms with Crippen molar-refractivity contribution in [1.29, 1.82) is 5.41 Å². The normalized spacial score (nSPS) is 22.4. The van der Waals surface area contributed by atoms with Crippen LogP contribution < -0.4 is 10.6 Å². The van der Waals surface area contributed by atoms with Gasteiger partial charge >= 0.3 is 6.09 Å². The van der Waals surface area contributed by atoms with Crippen LogP contribution in [0.1, 0.15) is 57.0 Å². The topological polar surface area (TPSA) is 145 Å². The lowest BCUT2D eigenvalue weighted by Gasteiger charge is -2.41. The van der Waals surface area contributed by atoms with E-state index in [2.05, 4.69) is 45.4 Å². The van der Waals surface area contributed by atoms with Crippen LogP contribution in [0.25, 0.3) is 22.4 Å². The van der Waals surface area contributed by atoms with E-state index in [-0.39, 0.29) is 18.0 Å². The minimum Gasteiger partial charge on any atom is -0.388 e. The summed E-state index contributed by atoms with van der Waals surface area (Å²) in [7, 11) is 0. The molecule has 1 saturated carbocycles. The average Bonchev–Trinajstić information content (AvgIpc) is 3.35. The number of hydrogen-bond donors (Lipinski definition) is 2. The molecule has 0 bridgehead atoms. The van der Waals surface area contributed by atoms with Crippen molar-refractivity contribution in [3.63, 3.8) is 0 Å². The van der Waals surface area contributed by atoms with Crippen LogP contribution in [0.2, 0.25) is 5.02 Å². The van der Waals surface area contributed by atoms with Gasteiger partial charge in [0.1, 0.15) is 11.2 Å². The molecule has 3 aromatic heterocycles. The zero-order chi connectivity index (χ0) is 30.1. The first-order valence-corrected chi connectivity index (χ1v) is 15.0. The zero-order valence-electron chi connectivity index (χ0n) is 24.2. The number of carbonyl (C=O) groups is 1. The highest BCUT2D eigenvalue weighted by molar-refractivity contribution is 6.30. The molecule has 1 amide bonds. The van der Waals surface area contributed by atoms with Crippen molar-refractivity contribution < 1.29 is 14.3 Å². The molecule has 1 aromatic carbocycles. The second-order valence-corrected chi connectivity index (χ2v) is 11.9. The van der Waals surface area contributed by atoms with E-state index in [0.717, 1.165) is 30.9 Å². The largest absolute Gasteiger partial charge is 0.411 e. The predicted molar refractivity (Wildman–Crippen MR) is 164 cm³/mol. The van der Waals surface area contributed by atoms with E-state index in [1.54, 1.807) is 18.5 Å². The van der Waals surface area contributed by atoms with E-state index in [9.17, 15) is 4.79 Å². The van der Waals surface area contributed by atoms with Gasteiger partial charge < -0.3 is 24.7 Å². The number of fused-ring (bicyclic) bond motifs is 1. The lowest BCUT2D eigenvalue weighted by atomic mass is 9.83. The van der Waals surface area contributed by atoms with Crippen LogP contribution in [-0.2, 0) is 16.0 Å². The Kier molecular flexibility index (Phi) is 8.27. The average molecular weight is 603 g/mol. The molecule has 0 spiro atoms. The summed E-state index contributed by atoms with van der Waals surface area (Å²) in [6.45, 7) is 6.31. The number of nitrogens with two attached hydrogens (primary N) is 1. The van der Waals surface area contributed by atoms with Gasteiger partial charge in [-0.2, -0.15) is 4.98 Å². The first-order valence-electron chi connectivity index (χ1n) is 14.7. The van der Waals surface area contributed by atoms with Gasteiger partial charge in [-0.1, -0.05) is 61.7 Å². The summed E-state index contributed by atoms with van der Waals surface area (Å²) in [4.78, 5) is 32.5. The summed E-state index contributed by atoms with van der Waals surface area (Å²) in [5, 5.41) is 8.77. The number of aromatic nitrogens is 5. The lowest BCUT2D eigenvalue weighted by molar-refractivity contribution is 0.0221. The summed E-state index contributed by atoms with van der Waals surface area (Å²) < 4.78 is 13.2. The second kappa shape index (κ2) is 12.3. The van der Waals surface area contributed by atoms with Gasteiger partial charge in [-0.25, -0.2) is 14.8 Å². The van der Waals surface area contributed by atoms with Crippen LogP contribution in [0.5, 0.6) is 0 Å². The summed E-state index contributed by atoms with van der Waals surface area (Å²) in [6, 6.07) is 12.0. The Hall–Kier alpha value is -4.09. The second-order valence-electron chi connectivity index (χ2n) is 11.5. The molecule has 1 aliphatic carbocycles. The van der Waals surface area contributed by atoms with Crippen LogP contribution in [0.3, 0.4) is 0 Å². The molecule has 2 aliphatic rings. The number of halogens is 1. The fraction of sp³-hybridized carbons (Fsp3) is 0.419. The summed E-state index contributed by atoms with van der Waals surface area (Å²) in [6.07, 6.45) is 6.61. The van der Waals surface area contributed by atoms with Crippen molar-refractivity contribution in [2.75, 3.05) is 18.1 Å². The minimum atomic E-state index is -1.12. The first-order chi connectivity index (χ1) is 20.8. The molecule has 1 saturated heterocycles. The molecule has 2 fully saturated rings. The van der Waals surface area contributed by atoms with Crippen LogP contribution in [0.4, 0.5) is 10.7 Å². The fourth-order valence-corrected chi connectivity index (χ4v) is 6.50. The van der Waals surface area contributed by atoms with Gasteiger partial charge in [0, 0.05) is 31.0 Å². The maximum absolute atomic E-state index is 11.5. The van der Waals surface area contributed by atoms with Crippen LogP contribution >= 0.6 is 11.6 Å². The Balaban J connectivity index is 1.58. The van der Waals surface area contributed by atoms with Gasteiger partial charge in [0.25, 0.3) is 5.90 Å². The van der Waals surface area contributed by atoms with E-state index in [4.69, 9.17) is 42.2 Å². The Bertz CT molecular complexity index is 1640. The monoisotopic (exact) mass is 602 g/mol. The Labute approximate surface area is 254 Å². The number of pyridine rings is 1. The standard InChI is InChI=1S/C31H35ClN8O3/c1-18-8-10-20(11-9-18)17-40-26-24(22-14-23(32)16-35-15-22)36-29(27(33)43-30(34)41)37-28(26)38-31(40)39-12-13-42-19(2)25(39)21-6-4-3-5-7-21/h3-7,14-16,18-20,25,33H,8-13,17H2,1-2H3,(H2,34,41)/t18?,19-,20?,25+/m1/s1. The van der Waals surface area contributed by atoms with Crippen molar-refractivity contribution in [3.05, 3.63) is 65.2 Å². The molecule has 6 rings (SSSR count). The summed E-state index contributed by atoms with van der Waals surface area (Å²) >= 11 is 6.38. The molecular weight excluding hydrogens is 568 g/mol. The minimum absolute atomic E-state index is 0.0860. The highest BCUT2D eigenvalue weighted by Gasteiger charge is 2.36. The third-order valence-corrected chi connectivity index (χ3v) is 8.64. The van der Waals surface area contributed by atoms with Crippen LogP contribution in [-0.4, -0.2) is 55.7 Å². The predicted octanol–water partition coefficient (Wildman–Crippen LogP) is 5.76. The first kappa shape index (κ1) is 29.0. The van der Waals surface area contributed by atoms with Gasteiger partial charge in [0.05, 0.1) is 23.8 Å². The highest BCUT2D eigenvalue weighted by atomic mass is 35.5. The van der Waals surface area contributed by atoms with Gasteiger partial charge in [0.2, 0.25) is 11.8 Å². The third-order valence-electron chi connectivity index (χ3n) is 8.43. The number of morpholine rings is 1. The van der Waals surface area contributed by atoms with Crippen molar-refractivity contribution in [3.8, 4) is 11.3 Å². The number of carbonyl (C=O) groups excluding carboxylic acids is 1. The quantitative estimate of drug-likeness (QED) is 0.209. The van der Waals surface area contributed by atoms with Crippen molar-refractivity contribution in [1.82, 2.24) is 24.5 Å². The number of nitrogens with zero attached hydrogens (tertiary/aromatic N) is 6. The zero-order valence-corrected chi connectivity index (χ0v) is 25.0. The molecule has 43 heavy (non-hydrogen) atoms. The van der Waals surface area contributed by atoms with E-state index in [1.807, 2.05) is 18.2 Å². The molecule has 224 valence electrons. The van der Waals surface area contributed by atoms with E-state index in [1.165, 1.54) is 12.8 Å². The van der Waals surface area contributed by atoms with Gasteiger partial charge in [0.15, 0.2) is 5.65 Å². The molecule has 12 heteroatoms. The third kappa shape index (κ3) is 6.05. The molecule has 0 unspecified atom stereocenters. The molecule has 0 radical (unpaired) electrons. The number of benzene rings is 1.